The van der Waals surface area contributed by atoms with Crippen LogP contribution in [0.1, 0.15) is 44.0 Å². The minimum Gasteiger partial charge on any atom is -0.377 e. The Hall–Kier alpha value is -2.76. The lowest BCUT2D eigenvalue weighted by molar-refractivity contribution is 0.0983. The lowest BCUT2D eigenvalue weighted by atomic mass is 9.99. The first kappa shape index (κ1) is 24.0. The number of rotatable bonds is 5. The normalized spacial score (nSPS) is 24.2. The molecule has 4 heterocycles. The van der Waals surface area contributed by atoms with Gasteiger partial charge in [-0.05, 0) is 57.4 Å². The number of morpholine rings is 1. The molecule has 2 fully saturated rings. The summed E-state index contributed by atoms with van der Waals surface area (Å²) in [6, 6.07) is 6.98. The number of hydrogen-bond donors (Lipinski definition) is 2. The van der Waals surface area contributed by atoms with E-state index in [1.54, 1.807) is 4.31 Å². The molecule has 5 rings (SSSR count). The number of urea groups is 1. The number of benzene rings is 1. The Labute approximate surface area is 206 Å². The third-order valence-corrected chi connectivity index (χ3v) is 8.29. The predicted molar refractivity (Wildman–Crippen MR) is 134 cm³/mol. The highest BCUT2D eigenvalue weighted by atomic mass is 32.2. The van der Waals surface area contributed by atoms with Gasteiger partial charge in [0.05, 0.1) is 37.2 Å². The molecule has 0 aliphatic carbocycles. The van der Waals surface area contributed by atoms with E-state index < -0.39 is 10.0 Å². The second-order valence-corrected chi connectivity index (χ2v) is 11.3. The first-order valence-corrected chi connectivity index (χ1v) is 14.0. The van der Waals surface area contributed by atoms with E-state index in [1.807, 2.05) is 31.2 Å². The van der Waals surface area contributed by atoms with Gasteiger partial charge in [-0.3, -0.25) is 0 Å². The third kappa shape index (κ3) is 4.60. The van der Waals surface area contributed by atoms with E-state index in [0.717, 1.165) is 42.0 Å². The van der Waals surface area contributed by atoms with Gasteiger partial charge in [-0.2, -0.15) is 4.31 Å². The van der Waals surface area contributed by atoms with Gasteiger partial charge in [0.25, 0.3) is 0 Å². The molecule has 0 saturated carbocycles. The van der Waals surface area contributed by atoms with Gasteiger partial charge in [0.15, 0.2) is 5.82 Å². The van der Waals surface area contributed by atoms with Crippen LogP contribution in [0.25, 0.3) is 11.4 Å². The number of anilines is 2. The summed E-state index contributed by atoms with van der Waals surface area (Å²) in [7, 11) is -3.36. The Kier molecular flexibility index (Phi) is 6.41. The number of nitrogens with zero attached hydrogens (tertiary/aromatic N) is 4. The maximum atomic E-state index is 12.6. The molecular formula is C24H32N6O4S. The predicted octanol–water partition coefficient (Wildman–Crippen LogP) is 2.53. The summed E-state index contributed by atoms with van der Waals surface area (Å²) < 4.78 is 32.6. The van der Waals surface area contributed by atoms with Gasteiger partial charge in [0.1, 0.15) is 5.82 Å². The van der Waals surface area contributed by atoms with Crippen LogP contribution >= 0.6 is 0 Å². The van der Waals surface area contributed by atoms with Crippen molar-refractivity contribution in [2.75, 3.05) is 42.8 Å². The third-order valence-electron chi connectivity index (χ3n) is 6.97. The number of aromatic nitrogens is 2. The highest BCUT2D eigenvalue weighted by molar-refractivity contribution is 7.88. The molecule has 2 N–H and O–H groups in total. The van der Waals surface area contributed by atoms with Gasteiger partial charge in [-0.25, -0.2) is 23.2 Å². The van der Waals surface area contributed by atoms with Crippen LogP contribution in [0, 0.1) is 0 Å². The van der Waals surface area contributed by atoms with Gasteiger partial charge in [-0.15, -0.1) is 0 Å². The average Bonchev–Trinajstić information content (AvgIpc) is 3.16. The van der Waals surface area contributed by atoms with E-state index in [0.29, 0.717) is 37.7 Å². The molecule has 10 nitrogen and oxygen atoms in total. The Morgan fingerprint density at radius 2 is 1.97 bits per heavy atom. The lowest BCUT2D eigenvalue weighted by Gasteiger charge is -2.39. The number of nitrogens with one attached hydrogen (secondary N) is 2. The zero-order chi connectivity index (χ0) is 24.7. The Balaban J connectivity index is 1.57. The second kappa shape index (κ2) is 9.36. The van der Waals surface area contributed by atoms with E-state index in [9.17, 15) is 13.2 Å². The molecular weight excluding hydrogens is 468 g/mol. The fourth-order valence-corrected chi connectivity index (χ4v) is 6.84. The fourth-order valence-electron chi connectivity index (χ4n) is 5.45. The van der Waals surface area contributed by atoms with Crippen LogP contribution in [0.5, 0.6) is 0 Å². The van der Waals surface area contributed by atoms with Crippen molar-refractivity contribution in [1.29, 1.82) is 0 Å². The van der Waals surface area contributed by atoms with Crippen molar-refractivity contribution < 1.29 is 17.9 Å². The molecule has 0 unspecified atom stereocenters. The molecule has 2 aromatic rings. The second-order valence-electron chi connectivity index (χ2n) is 9.46. The number of carbonyl (C=O) groups excluding carboxylic acids is 1. The molecule has 2 saturated heterocycles. The summed E-state index contributed by atoms with van der Waals surface area (Å²) in [6.07, 6.45) is 3.49. The van der Waals surface area contributed by atoms with Gasteiger partial charge in [0.2, 0.25) is 10.0 Å². The Morgan fingerprint density at radius 1 is 1.20 bits per heavy atom. The number of ether oxygens (including phenoxy) is 1. The van der Waals surface area contributed by atoms with Crippen LogP contribution in [0.3, 0.4) is 0 Å². The largest absolute Gasteiger partial charge is 0.377 e. The summed E-state index contributed by atoms with van der Waals surface area (Å²) in [5, 5.41) is 5.51. The van der Waals surface area contributed by atoms with Crippen molar-refractivity contribution >= 4 is 27.6 Å². The van der Waals surface area contributed by atoms with Crippen LogP contribution in [-0.2, 0) is 21.2 Å². The quantitative estimate of drug-likeness (QED) is 0.648. The molecule has 1 aromatic heterocycles. The molecule has 11 heteroatoms. The number of fused-ring (bicyclic) bond motifs is 4. The Morgan fingerprint density at radius 3 is 2.66 bits per heavy atom. The maximum Gasteiger partial charge on any atom is 0.319 e. The standard InChI is InChI=1S/C24H32N6O4S/c1-4-25-24(31)26-17-7-5-16(6-8-17)22-27-21-19(23(28-22)29-11-12-34-14-15(29)2)13-18-9-10-20(21)30(18)35(3,32)33/h5-8,15,18,20H,4,9-14H2,1-3H3,(H2,25,26,31)/t15-,18+,20-/m0/s1. The number of amides is 2. The fraction of sp³-hybridized carbons (Fsp3) is 0.542. The van der Waals surface area contributed by atoms with Gasteiger partial charge < -0.3 is 20.3 Å². The maximum absolute atomic E-state index is 12.6. The van der Waals surface area contributed by atoms with Crippen molar-refractivity contribution in [3.63, 3.8) is 0 Å². The van der Waals surface area contributed by atoms with Gasteiger partial charge in [-0.1, -0.05) is 0 Å². The van der Waals surface area contributed by atoms with Crippen molar-refractivity contribution in [2.45, 2.75) is 51.2 Å². The number of carbonyl (C=O) groups is 1. The molecule has 2 amide bonds. The van der Waals surface area contributed by atoms with Crippen molar-refractivity contribution in [3.05, 3.63) is 35.5 Å². The number of hydrogen-bond acceptors (Lipinski definition) is 7. The van der Waals surface area contributed by atoms with Crippen molar-refractivity contribution in [1.82, 2.24) is 19.6 Å². The van der Waals surface area contributed by atoms with Gasteiger partial charge >= 0.3 is 6.03 Å². The summed E-state index contributed by atoms with van der Waals surface area (Å²) in [5.41, 5.74) is 3.35. The molecule has 3 aliphatic rings. The molecule has 3 atom stereocenters. The van der Waals surface area contributed by atoms with E-state index in [4.69, 9.17) is 14.7 Å². The minimum absolute atomic E-state index is 0.0494. The molecule has 0 radical (unpaired) electrons. The molecule has 188 valence electrons. The topological polar surface area (TPSA) is 117 Å². The zero-order valence-corrected chi connectivity index (χ0v) is 21.1. The van der Waals surface area contributed by atoms with Crippen LogP contribution in [0.4, 0.5) is 16.3 Å². The first-order valence-electron chi connectivity index (χ1n) is 12.1. The summed E-state index contributed by atoms with van der Waals surface area (Å²) in [5.74, 6) is 1.44. The zero-order valence-electron chi connectivity index (χ0n) is 20.3. The van der Waals surface area contributed by atoms with Gasteiger partial charge in [0, 0.05) is 35.9 Å². The summed E-state index contributed by atoms with van der Waals surface area (Å²) in [4.78, 5) is 24.1. The van der Waals surface area contributed by atoms with E-state index in [1.165, 1.54) is 6.26 Å². The number of sulfonamides is 1. The highest BCUT2D eigenvalue weighted by Gasteiger charge is 2.47. The molecule has 2 bridgehead atoms. The SMILES string of the molecule is CCNC(=O)Nc1ccc(-c2nc3c(c(N4CCOC[C@@H]4C)n2)C[C@H]2CC[C@@H]3N2S(C)(=O)=O)cc1. The highest BCUT2D eigenvalue weighted by Crippen LogP contribution is 2.47. The Bertz CT molecular complexity index is 1220. The van der Waals surface area contributed by atoms with E-state index in [2.05, 4.69) is 22.5 Å². The van der Waals surface area contributed by atoms with Crippen LogP contribution in [0.2, 0.25) is 0 Å². The van der Waals surface area contributed by atoms with Crippen LogP contribution < -0.4 is 15.5 Å². The van der Waals surface area contributed by atoms with E-state index >= 15 is 0 Å². The van der Waals surface area contributed by atoms with E-state index in [-0.39, 0.29) is 24.2 Å². The summed E-state index contributed by atoms with van der Waals surface area (Å²) in [6.45, 7) is 6.50. The lowest BCUT2D eigenvalue weighted by Crippen LogP contribution is -2.47. The minimum atomic E-state index is -3.36. The van der Waals surface area contributed by atoms with Crippen molar-refractivity contribution in [3.8, 4) is 11.4 Å². The van der Waals surface area contributed by atoms with Crippen molar-refractivity contribution in [2.24, 2.45) is 0 Å². The first-order chi connectivity index (χ1) is 16.8. The molecule has 1 aromatic carbocycles. The van der Waals surface area contributed by atoms with Crippen LogP contribution in [-0.4, -0.2) is 73.4 Å². The smallest absolute Gasteiger partial charge is 0.319 e. The monoisotopic (exact) mass is 500 g/mol. The molecule has 3 aliphatic heterocycles. The molecule has 35 heavy (non-hydrogen) atoms. The van der Waals surface area contributed by atoms with Crippen LogP contribution in [0.15, 0.2) is 24.3 Å². The molecule has 0 spiro atoms. The average molecular weight is 501 g/mol. The summed E-state index contributed by atoms with van der Waals surface area (Å²) >= 11 is 0.